The third kappa shape index (κ3) is 5.18. The Labute approximate surface area is 158 Å². The second-order valence-electron chi connectivity index (χ2n) is 6.47. The first kappa shape index (κ1) is 19.2. The van der Waals surface area contributed by atoms with Crippen molar-refractivity contribution in [3.05, 3.63) is 28.2 Å². The molecule has 1 aliphatic carbocycles. The van der Waals surface area contributed by atoms with Gasteiger partial charge in [0, 0.05) is 18.7 Å². The number of halogens is 1. The topological polar surface area (TPSA) is 41.6 Å². The molecular weight excluding hydrogens is 388 g/mol. The maximum absolute atomic E-state index is 12.4. The fraction of sp³-hybridized carbons (Fsp3) is 0.556. The molecule has 1 aromatic carbocycles. The Balaban J connectivity index is 1.98. The van der Waals surface area contributed by atoms with Crippen LogP contribution in [0.5, 0.6) is 5.75 Å². The zero-order valence-electron chi connectivity index (χ0n) is 14.5. The van der Waals surface area contributed by atoms with Crippen molar-refractivity contribution in [3.63, 3.8) is 0 Å². The van der Waals surface area contributed by atoms with Crippen LogP contribution in [0.15, 0.2) is 22.7 Å². The molecule has 1 N–H and O–H groups in total. The highest BCUT2D eigenvalue weighted by Crippen LogP contribution is 2.27. The molecule has 1 aliphatic rings. The van der Waals surface area contributed by atoms with Gasteiger partial charge in [-0.1, -0.05) is 19.3 Å². The number of nitrogens with one attached hydrogen (secondary N) is 1. The van der Waals surface area contributed by atoms with Crippen molar-refractivity contribution in [2.75, 3.05) is 7.05 Å². The zero-order valence-corrected chi connectivity index (χ0v) is 16.9. The maximum atomic E-state index is 12.4. The van der Waals surface area contributed by atoms with Crippen molar-refractivity contribution < 1.29 is 9.53 Å². The lowest BCUT2D eigenvalue weighted by molar-refractivity contribution is 0.0971. The zero-order chi connectivity index (χ0) is 17.7. The Bertz CT molecular complexity index is 601. The van der Waals surface area contributed by atoms with Gasteiger partial charge >= 0.3 is 0 Å². The Kier molecular flexibility index (Phi) is 7.04. The van der Waals surface area contributed by atoms with E-state index >= 15 is 0 Å². The minimum atomic E-state index is -0.195. The van der Waals surface area contributed by atoms with Crippen LogP contribution < -0.4 is 10.1 Å². The third-order valence-corrected chi connectivity index (χ3v) is 5.23. The van der Waals surface area contributed by atoms with Gasteiger partial charge in [0.25, 0.3) is 5.91 Å². The highest BCUT2D eigenvalue weighted by atomic mass is 79.9. The van der Waals surface area contributed by atoms with E-state index in [1.807, 2.05) is 25.8 Å². The summed E-state index contributed by atoms with van der Waals surface area (Å²) in [4.78, 5) is 14.5. The van der Waals surface area contributed by atoms with Gasteiger partial charge < -0.3 is 9.64 Å². The van der Waals surface area contributed by atoms with Crippen molar-refractivity contribution in [3.8, 4) is 5.75 Å². The number of carbonyl (C=O) groups excluding carboxylic acids is 1. The smallest absolute Gasteiger partial charge is 0.257 e. The van der Waals surface area contributed by atoms with Crippen LogP contribution in [-0.2, 0) is 0 Å². The van der Waals surface area contributed by atoms with E-state index in [1.165, 1.54) is 19.3 Å². The monoisotopic (exact) mass is 412 g/mol. The summed E-state index contributed by atoms with van der Waals surface area (Å²) < 4.78 is 6.43. The predicted octanol–water partition coefficient (Wildman–Crippen LogP) is 4.52. The Hall–Kier alpha value is -1.14. The van der Waals surface area contributed by atoms with Crippen LogP contribution >= 0.6 is 28.1 Å². The summed E-state index contributed by atoms with van der Waals surface area (Å²) in [5.74, 6) is 0.530. The summed E-state index contributed by atoms with van der Waals surface area (Å²) >= 11 is 8.86. The summed E-state index contributed by atoms with van der Waals surface area (Å²) in [6.45, 7) is 3.93. The molecular formula is C18H25BrN2O2S. The van der Waals surface area contributed by atoms with Gasteiger partial charge in [0.2, 0.25) is 0 Å². The summed E-state index contributed by atoms with van der Waals surface area (Å²) in [6.07, 6.45) is 6.12. The fourth-order valence-electron chi connectivity index (χ4n) is 2.88. The van der Waals surface area contributed by atoms with Crippen molar-refractivity contribution >= 4 is 39.2 Å². The van der Waals surface area contributed by atoms with E-state index in [-0.39, 0.29) is 12.0 Å². The number of hydrogen-bond donors (Lipinski definition) is 1. The molecule has 4 nitrogen and oxygen atoms in total. The molecule has 6 heteroatoms. The number of rotatable bonds is 4. The molecule has 0 saturated heterocycles. The van der Waals surface area contributed by atoms with Gasteiger partial charge in [-0.05, 0) is 73.0 Å². The Morgan fingerprint density at radius 2 is 2.00 bits per heavy atom. The van der Waals surface area contributed by atoms with Crippen LogP contribution in [0.2, 0.25) is 0 Å². The maximum Gasteiger partial charge on any atom is 0.257 e. The predicted molar refractivity (Wildman–Crippen MR) is 105 cm³/mol. The second-order valence-corrected chi connectivity index (χ2v) is 7.71. The average Bonchev–Trinajstić information content (AvgIpc) is 2.56. The minimum Gasteiger partial charge on any atom is -0.490 e. The molecule has 0 aliphatic heterocycles. The van der Waals surface area contributed by atoms with Gasteiger partial charge in [0.05, 0.1) is 10.6 Å². The molecule has 0 radical (unpaired) electrons. The van der Waals surface area contributed by atoms with Crippen molar-refractivity contribution in [1.82, 2.24) is 10.2 Å². The molecule has 0 aromatic heterocycles. The van der Waals surface area contributed by atoms with E-state index in [2.05, 4.69) is 21.2 Å². The summed E-state index contributed by atoms with van der Waals surface area (Å²) in [5.41, 5.74) is 0.553. The Morgan fingerprint density at radius 1 is 1.33 bits per heavy atom. The average molecular weight is 413 g/mol. The molecule has 1 amide bonds. The lowest BCUT2D eigenvalue weighted by atomic mass is 9.95. The molecule has 24 heavy (non-hydrogen) atoms. The first-order valence-electron chi connectivity index (χ1n) is 8.43. The highest BCUT2D eigenvalue weighted by molar-refractivity contribution is 9.10. The SMILES string of the molecule is CC(C)Oc1ccc(C(=O)NC(=S)N(C)C2CCCCC2)cc1Br. The summed E-state index contributed by atoms with van der Waals surface area (Å²) in [5, 5.41) is 3.33. The third-order valence-electron chi connectivity index (χ3n) is 4.22. The fourth-order valence-corrected chi connectivity index (χ4v) is 3.60. The largest absolute Gasteiger partial charge is 0.490 e. The number of hydrogen-bond acceptors (Lipinski definition) is 3. The van der Waals surface area contributed by atoms with Gasteiger partial charge in [-0.25, -0.2) is 0 Å². The number of thiocarbonyl (C=S) groups is 1. The van der Waals surface area contributed by atoms with E-state index in [0.29, 0.717) is 16.7 Å². The Morgan fingerprint density at radius 3 is 2.58 bits per heavy atom. The van der Waals surface area contributed by atoms with E-state index in [0.717, 1.165) is 23.1 Å². The van der Waals surface area contributed by atoms with Crippen molar-refractivity contribution in [2.24, 2.45) is 0 Å². The van der Waals surface area contributed by atoms with Crippen LogP contribution in [-0.4, -0.2) is 35.1 Å². The molecule has 1 aromatic rings. The van der Waals surface area contributed by atoms with E-state index in [1.54, 1.807) is 18.2 Å². The lowest BCUT2D eigenvalue weighted by Gasteiger charge is -2.32. The minimum absolute atomic E-state index is 0.0812. The van der Waals surface area contributed by atoms with Crippen molar-refractivity contribution in [2.45, 2.75) is 58.1 Å². The quantitative estimate of drug-likeness (QED) is 0.738. The highest BCUT2D eigenvalue weighted by Gasteiger charge is 2.21. The standard InChI is InChI=1S/C18H25BrN2O2S/c1-12(2)23-16-10-9-13(11-15(16)19)17(22)20-18(24)21(3)14-7-5-4-6-8-14/h9-12,14H,4-8H2,1-3H3,(H,20,22,24). The number of carbonyl (C=O) groups is 1. The molecule has 0 heterocycles. The molecule has 0 unspecified atom stereocenters. The molecule has 0 atom stereocenters. The van der Waals surface area contributed by atoms with E-state index in [4.69, 9.17) is 17.0 Å². The number of benzene rings is 1. The molecule has 1 fully saturated rings. The molecule has 1 saturated carbocycles. The number of nitrogens with zero attached hydrogens (tertiary/aromatic N) is 1. The van der Waals surface area contributed by atoms with E-state index < -0.39 is 0 Å². The van der Waals surface area contributed by atoms with E-state index in [9.17, 15) is 4.79 Å². The van der Waals surface area contributed by atoms with Crippen LogP contribution in [0.4, 0.5) is 0 Å². The number of amides is 1. The summed E-state index contributed by atoms with van der Waals surface area (Å²) in [6, 6.07) is 5.74. The van der Waals surface area contributed by atoms with Gasteiger partial charge in [-0.15, -0.1) is 0 Å². The van der Waals surface area contributed by atoms with Gasteiger partial charge in [0.1, 0.15) is 5.75 Å². The van der Waals surface area contributed by atoms with Crippen molar-refractivity contribution in [1.29, 1.82) is 0 Å². The van der Waals surface area contributed by atoms with Crippen LogP contribution in [0.3, 0.4) is 0 Å². The van der Waals surface area contributed by atoms with Gasteiger partial charge in [-0.2, -0.15) is 0 Å². The van der Waals surface area contributed by atoms with Gasteiger partial charge in [-0.3, -0.25) is 10.1 Å². The van der Waals surface area contributed by atoms with Crippen LogP contribution in [0.1, 0.15) is 56.3 Å². The molecule has 132 valence electrons. The van der Waals surface area contributed by atoms with Crippen LogP contribution in [0.25, 0.3) is 0 Å². The lowest BCUT2D eigenvalue weighted by Crippen LogP contribution is -2.46. The van der Waals surface area contributed by atoms with Gasteiger partial charge in [0.15, 0.2) is 5.11 Å². The first-order chi connectivity index (χ1) is 11.4. The molecule has 0 spiro atoms. The molecule has 0 bridgehead atoms. The first-order valence-corrected chi connectivity index (χ1v) is 9.63. The normalized spacial score (nSPS) is 15.2. The summed E-state index contributed by atoms with van der Waals surface area (Å²) in [7, 11) is 1.97. The second kappa shape index (κ2) is 8.81. The van der Waals surface area contributed by atoms with Crippen LogP contribution in [0, 0.1) is 0 Å². The number of ether oxygens (including phenoxy) is 1. The molecule has 2 rings (SSSR count).